The third-order valence-electron chi connectivity index (χ3n) is 3.59. The molecule has 0 saturated carbocycles. The molecule has 110 valence electrons. The lowest BCUT2D eigenvalue weighted by atomic mass is 10.1. The zero-order valence-electron chi connectivity index (χ0n) is 11.8. The van der Waals surface area contributed by atoms with E-state index >= 15 is 0 Å². The highest BCUT2D eigenvalue weighted by Crippen LogP contribution is 2.24. The number of rotatable bonds is 5. The molecule has 2 aromatic rings. The molecule has 0 N–H and O–H groups in total. The summed E-state index contributed by atoms with van der Waals surface area (Å²) in [5.74, 6) is 1.83. The molecule has 1 fully saturated rings. The summed E-state index contributed by atoms with van der Waals surface area (Å²) in [5, 5.41) is 0. The standard InChI is InChI=1S/C17H18O4/c18-11-15-8-9-17(21-15)13-4-6-14(7-5-13)20-12-16-3-1-2-10-19-16/h4-9,11,16H,1-3,10,12H2. The highest BCUT2D eigenvalue weighted by molar-refractivity contribution is 5.72. The summed E-state index contributed by atoms with van der Waals surface area (Å²) in [6.45, 7) is 1.43. The van der Waals surface area contributed by atoms with Crippen molar-refractivity contribution in [2.24, 2.45) is 0 Å². The zero-order chi connectivity index (χ0) is 14.5. The Bertz CT molecular complexity index is 579. The van der Waals surface area contributed by atoms with Crippen molar-refractivity contribution in [3.63, 3.8) is 0 Å². The second-order valence-electron chi connectivity index (χ2n) is 5.14. The van der Waals surface area contributed by atoms with Gasteiger partial charge in [0, 0.05) is 12.2 Å². The number of benzene rings is 1. The van der Waals surface area contributed by atoms with E-state index in [2.05, 4.69) is 0 Å². The van der Waals surface area contributed by atoms with Crippen LogP contribution in [-0.4, -0.2) is 25.6 Å². The molecule has 0 radical (unpaired) electrons. The zero-order valence-corrected chi connectivity index (χ0v) is 11.8. The summed E-state index contributed by atoms with van der Waals surface area (Å²) in [6, 6.07) is 11.1. The van der Waals surface area contributed by atoms with E-state index in [-0.39, 0.29) is 6.10 Å². The molecule has 2 heterocycles. The highest BCUT2D eigenvalue weighted by atomic mass is 16.5. The topological polar surface area (TPSA) is 48.7 Å². The molecular weight excluding hydrogens is 268 g/mol. The fourth-order valence-electron chi connectivity index (χ4n) is 2.41. The lowest BCUT2D eigenvalue weighted by Crippen LogP contribution is -2.25. The van der Waals surface area contributed by atoms with E-state index in [1.54, 1.807) is 12.1 Å². The molecule has 3 rings (SSSR count). The minimum Gasteiger partial charge on any atom is -0.491 e. The summed E-state index contributed by atoms with van der Waals surface area (Å²) < 4.78 is 16.8. The molecule has 1 saturated heterocycles. The van der Waals surface area contributed by atoms with Gasteiger partial charge >= 0.3 is 0 Å². The quantitative estimate of drug-likeness (QED) is 0.786. The first-order chi connectivity index (χ1) is 10.3. The molecule has 0 aliphatic carbocycles. The van der Waals surface area contributed by atoms with E-state index in [4.69, 9.17) is 13.9 Å². The maximum Gasteiger partial charge on any atom is 0.185 e. The molecule has 1 aromatic heterocycles. The lowest BCUT2D eigenvalue weighted by Gasteiger charge is -2.22. The van der Waals surface area contributed by atoms with E-state index in [1.807, 2.05) is 24.3 Å². The van der Waals surface area contributed by atoms with Gasteiger partial charge in [-0.3, -0.25) is 4.79 Å². The summed E-state index contributed by atoms with van der Waals surface area (Å²) >= 11 is 0. The molecular formula is C17H18O4. The van der Waals surface area contributed by atoms with E-state index in [1.165, 1.54) is 6.42 Å². The number of ether oxygens (including phenoxy) is 2. The van der Waals surface area contributed by atoms with Crippen LogP contribution < -0.4 is 4.74 Å². The van der Waals surface area contributed by atoms with Crippen LogP contribution in [0.25, 0.3) is 11.3 Å². The number of hydrogen-bond acceptors (Lipinski definition) is 4. The van der Waals surface area contributed by atoms with Crippen molar-refractivity contribution in [3.05, 3.63) is 42.2 Å². The first kappa shape index (κ1) is 13.9. The van der Waals surface area contributed by atoms with E-state index in [0.717, 1.165) is 30.8 Å². The number of carbonyl (C=O) groups is 1. The minimum atomic E-state index is 0.207. The van der Waals surface area contributed by atoms with Crippen LogP contribution in [0.15, 0.2) is 40.8 Å². The molecule has 0 bridgehead atoms. The molecule has 0 amide bonds. The van der Waals surface area contributed by atoms with Crippen molar-refractivity contribution in [1.29, 1.82) is 0 Å². The number of hydrogen-bond donors (Lipinski definition) is 0. The third kappa shape index (κ3) is 3.52. The maximum absolute atomic E-state index is 10.6. The Hall–Kier alpha value is -2.07. The summed E-state index contributed by atoms with van der Waals surface area (Å²) in [4.78, 5) is 10.6. The third-order valence-corrected chi connectivity index (χ3v) is 3.59. The van der Waals surface area contributed by atoms with Crippen LogP contribution in [0, 0.1) is 0 Å². The van der Waals surface area contributed by atoms with Gasteiger partial charge in [-0.2, -0.15) is 0 Å². The van der Waals surface area contributed by atoms with Gasteiger partial charge in [-0.1, -0.05) is 0 Å². The second-order valence-corrected chi connectivity index (χ2v) is 5.14. The van der Waals surface area contributed by atoms with Gasteiger partial charge in [0.2, 0.25) is 0 Å². The monoisotopic (exact) mass is 286 g/mol. The minimum absolute atomic E-state index is 0.207. The Morgan fingerprint density at radius 3 is 2.67 bits per heavy atom. The number of carbonyl (C=O) groups excluding carboxylic acids is 1. The molecule has 1 unspecified atom stereocenters. The Balaban J connectivity index is 1.59. The molecule has 1 aromatic carbocycles. The van der Waals surface area contributed by atoms with E-state index < -0.39 is 0 Å². The van der Waals surface area contributed by atoms with Crippen molar-refractivity contribution in [1.82, 2.24) is 0 Å². The molecule has 4 nitrogen and oxygen atoms in total. The van der Waals surface area contributed by atoms with Crippen LogP contribution in [0.3, 0.4) is 0 Å². The van der Waals surface area contributed by atoms with Gasteiger partial charge in [-0.15, -0.1) is 0 Å². The Morgan fingerprint density at radius 2 is 2.00 bits per heavy atom. The van der Waals surface area contributed by atoms with E-state index in [0.29, 0.717) is 24.4 Å². The smallest absolute Gasteiger partial charge is 0.185 e. The fraction of sp³-hybridized carbons (Fsp3) is 0.353. The molecule has 1 aliphatic heterocycles. The Labute approximate surface area is 123 Å². The van der Waals surface area contributed by atoms with Crippen LogP contribution in [-0.2, 0) is 4.74 Å². The predicted molar refractivity (Wildman–Crippen MR) is 78.6 cm³/mol. The van der Waals surface area contributed by atoms with Crippen molar-refractivity contribution >= 4 is 6.29 Å². The predicted octanol–water partition coefficient (Wildman–Crippen LogP) is 3.71. The Kier molecular flexibility index (Phi) is 4.36. The Morgan fingerprint density at radius 1 is 1.14 bits per heavy atom. The summed E-state index contributed by atoms with van der Waals surface area (Å²) in [6.07, 6.45) is 4.34. The van der Waals surface area contributed by atoms with Gasteiger partial charge in [-0.05, 0) is 55.7 Å². The number of aldehydes is 1. The number of furan rings is 1. The van der Waals surface area contributed by atoms with Gasteiger partial charge in [0.1, 0.15) is 18.1 Å². The van der Waals surface area contributed by atoms with Crippen molar-refractivity contribution in [3.8, 4) is 17.1 Å². The average Bonchev–Trinajstić information content (AvgIpc) is 3.03. The largest absolute Gasteiger partial charge is 0.491 e. The lowest BCUT2D eigenvalue weighted by molar-refractivity contribution is -0.0110. The van der Waals surface area contributed by atoms with Crippen LogP contribution in [0.4, 0.5) is 0 Å². The van der Waals surface area contributed by atoms with Crippen molar-refractivity contribution in [2.75, 3.05) is 13.2 Å². The van der Waals surface area contributed by atoms with Crippen LogP contribution in [0.5, 0.6) is 5.75 Å². The highest BCUT2D eigenvalue weighted by Gasteiger charge is 2.14. The average molecular weight is 286 g/mol. The molecule has 0 spiro atoms. The second kappa shape index (κ2) is 6.59. The van der Waals surface area contributed by atoms with Gasteiger partial charge in [0.25, 0.3) is 0 Å². The molecule has 21 heavy (non-hydrogen) atoms. The fourth-order valence-corrected chi connectivity index (χ4v) is 2.41. The van der Waals surface area contributed by atoms with Crippen molar-refractivity contribution < 1.29 is 18.7 Å². The summed E-state index contributed by atoms with van der Waals surface area (Å²) in [7, 11) is 0. The van der Waals surface area contributed by atoms with Crippen LogP contribution >= 0.6 is 0 Å². The summed E-state index contributed by atoms with van der Waals surface area (Å²) in [5.41, 5.74) is 0.921. The van der Waals surface area contributed by atoms with Gasteiger partial charge < -0.3 is 13.9 Å². The molecule has 1 atom stereocenters. The van der Waals surface area contributed by atoms with Crippen LogP contribution in [0.2, 0.25) is 0 Å². The molecule has 1 aliphatic rings. The van der Waals surface area contributed by atoms with Crippen LogP contribution in [0.1, 0.15) is 29.8 Å². The first-order valence-corrected chi connectivity index (χ1v) is 7.25. The first-order valence-electron chi connectivity index (χ1n) is 7.25. The van der Waals surface area contributed by atoms with E-state index in [9.17, 15) is 4.79 Å². The molecule has 4 heteroatoms. The normalized spacial score (nSPS) is 18.4. The maximum atomic E-state index is 10.6. The van der Waals surface area contributed by atoms with Gasteiger partial charge in [0.05, 0.1) is 6.10 Å². The van der Waals surface area contributed by atoms with Gasteiger partial charge in [0.15, 0.2) is 12.0 Å². The SMILES string of the molecule is O=Cc1ccc(-c2ccc(OCC3CCCCO3)cc2)o1. The van der Waals surface area contributed by atoms with Gasteiger partial charge in [-0.25, -0.2) is 0 Å². The van der Waals surface area contributed by atoms with Crippen molar-refractivity contribution in [2.45, 2.75) is 25.4 Å².